The number of fused-ring (bicyclic) bond motifs is 1. The summed E-state index contributed by atoms with van der Waals surface area (Å²) in [5.41, 5.74) is 0.834. The number of aromatic nitrogens is 1. The van der Waals surface area contributed by atoms with Crippen LogP contribution in [-0.2, 0) is 9.84 Å². The Balaban J connectivity index is 2.63. The highest BCUT2D eigenvalue weighted by Gasteiger charge is 2.11. The van der Waals surface area contributed by atoms with Crippen molar-refractivity contribution in [3.8, 4) is 0 Å². The topological polar surface area (TPSA) is 50.3 Å². The van der Waals surface area contributed by atoms with E-state index in [1.807, 2.05) is 19.0 Å². The number of sulfone groups is 1. The zero-order chi connectivity index (χ0) is 11.9. The summed E-state index contributed by atoms with van der Waals surface area (Å²) in [6.07, 6.45) is 1.21. The van der Waals surface area contributed by atoms with Gasteiger partial charge in [0.2, 0.25) is 0 Å². The summed E-state index contributed by atoms with van der Waals surface area (Å²) in [6.45, 7) is 0. The van der Waals surface area contributed by atoms with Crippen molar-refractivity contribution < 1.29 is 8.42 Å². The van der Waals surface area contributed by atoms with Gasteiger partial charge in [0, 0.05) is 20.4 Å². The van der Waals surface area contributed by atoms with Crippen LogP contribution < -0.4 is 4.90 Å². The van der Waals surface area contributed by atoms with Gasteiger partial charge in [0.05, 0.1) is 15.1 Å². The van der Waals surface area contributed by atoms with E-state index in [1.54, 1.807) is 18.2 Å². The number of hydrogen-bond acceptors (Lipinski definition) is 5. The van der Waals surface area contributed by atoms with E-state index in [1.165, 1.54) is 17.6 Å². The van der Waals surface area contributed by atoms with Crippen LogP contribution in [0.5, 0.6) is 0 Å². The molecular formula is C10H12N2O2S2. The second-order valence-electron chi connectivity index (χ2n) is 3.79. The number of thiazole rings is 1. The van der Waals surface area contributed by atoms with Crippen LogP contribution >= 0.6 is 11.3 Å². The Kier molecular flexibility index (Phi) is 2.63. The lowest BCUT2D eigenvalue weighted by atomic mass is 10.3. The molecule has 0 saturated carbocycles. The van der Waals surface area contributed by atoms with Gasteiger partial charge in [-0.3, -0.25) is 0 Å². The summed E-state index contributed by atoms with van der Waals surface area (Å²) >= 11 is 1.49. The minimum Gasteiger partial charge on any atom is -0.354 e. The standard InChI is InChI=1S/C10H12N2O2S2/c1-12(2)10-11-8-5-4-7(16(3,13)14)6-9(8)15-10/h4-6H,1-3H3. The summed E-state index contributed by atoms with van der Waals surface area (Å²) in [5.74, 6) is 0. The molecule has 6 heteroatoms. The second kappa shape index (κ2) is 3.71. The van der Waals surface area contributed by atoms with Gasteiger partial charge in [-0.05, 0) is 18.2 Å². The van der Waals surface area contributed by atoms with Crippen LogP contribution in [0.3, 0.4) is 0 Å². The third-order valence-corrected chi connectivity index (χ3v) is 4.46. The molecule has 1 heterocycles. The number of nitrogens with zero attached hydrogens (tertiary/aromatic N) is 2. The largest absolute Gasteiger partial charge is 0.354 e. The van der Waals surface area contributed by atoms with Gasteiger partial charge >= 0.3 is 0 Å². The van der Waals surface area contributed by atoms with Crippen molar-refractivity contribution in [2.75, 3.05) is 25.3 Å². The van der Waals surface area contributed by atoms with Gasteiger partial charge in [-0.25, -0.2) is 13.4 Å². The zero-order valence-electron chi connectivity index (χ0n) is 9.26. The van der Waals surface area contributed by atoms with E-state index < -0.39 is 9.84 Å². The fourth-order valence-corrected chi connectivity index (χ4v) is 2.96. The molecule has 0 unspecified atom stereocenters. The molecule has 0 aliphatic heterocycles. The first kappa shape index (κ1) is 11.3. The number of rotatable bonds is 2. The Hall–Kier alpha value is -1.14. The Labute approximate surface area is 98.5 Å². The molecule has 16 heavy (non-hydrogen) atoms. The maximum absolute atomic E-state index is 11.4. The Morgan fingerprint density at radius 3 is 2.56 bits per heavy atom. The van der Waals surface area contributed by atoms with Gasteiger partial charge in [-0.15, -0.1) is 0 Å². The van der Waals surface area contributed by atoms with Crippen molar-refractivity contribution in [2.24, 2.45) is 0 Å². The molecule has 0 aliphatic carbocycles. The Bertz CT molecular complexity index is 629. The van der Waals surface area contributed by atoms with E-state index in [4.69, 9.17) is 0 Å². The first-order valence-corrected chi connectivity index (χ1v) is 7.37. The van der Waals surface area contributed by atoms with Gasteiger partial charge in [0.1, 0.15) is 0 Å². The summed E-state index contributed by atoms with van der Waals surface area (Å²) in [6, 6.07) is 5.02. The maximum atomic E-state index is 11.4. The highest BCUT2D eigenvalue weighted by atomic mass is 32.2. The molecular weight excluding hydrogens is 244 g/mol. The number of benzene rings is 1. The molecule has 0 bridgehead atoms. The average Bonchev–Trinajstić information content (AvgIpc) is 2.58. The molecule has 1 aromatic heterocycles. The second-order valence-corrected chi connectivity index (χ2v) is 6.82. The normalized spacial score (nSPS) is 11.9. The molecule has 0 atom stereocenters. The maximum Gasteiger partial charge on any atom is 0.185 e. The van der Waals surface area contributed by atoms with Crippen molar-refractivity contribution in [2.45, 2.75) is 4.90 Å². The first-order chi connectivity index (χ1) is 7.38. The zero-order valence-corrected chi connectivity index (χ0v) is 10.9. The van der Waals surface area contributed by atoms with Crippen molar-refractivity contribution in [3.05, 3.63) is 18.2 Å². The van der Waals surface area contributed by atoms with Crippen molar-refractivity contribution in [3.63, 3.8) is 0 Å². The van der Waals surface area contributed by atoms with Gasteiger partial charge in [-0.2, -0.15) is 0 Å². The van der Waals surface area contributed by atoms with Crippen LogP contribution in [0.15, 0.2) is 23.1 Å². The lowest BCUT2D eigenvalue weighted by Crippen LogP contribution is -2.07. The van der Waals surface area contributed by atoms with E-state index in [9.17, 15) is 8.42 Å². The molecule has 2 rings (SSSR count). The van der Waals surface area contributed by atoms with Gasteiger partial charge < -0.3 is 4.90 Å². The van der Waals surface area contributed by atoms with E-state index in [0.29, 0.717) is 4.90 Å². The van der Waals surface area contributed by atoms with Crippen LogP contribution in [0.25, 0.3) is 10.2 Å². The van der Waals surface area contributed by atoms with Crippen molar-refractivity contribution >= 4 is 36.5 Å². The van der Waals surface area contributed by atoms with E-state index in [-0.39, 0.29) is 0 Å². The summed E-state index contributed by atoms with van der Waals surface area (Å²) in [4.78, 5) is 6.63. The highest BCUT2D eigenvalue weighted by Crippen LogP contribution is 2.29. The molecule has 0 aliphatic rings. The van der Waals surface area contributed by atoms with E-state index in [2.05, 4.69) is 4.98 Å². The van der Waals surface area contributed by atoms with Crippen LogP contribution in [0.1, 0.15) is 0 Å². The molecule has 4 nitrogen and oxygen atoms in total. The third-order valence-electron chi connectivity index (χ3n) is 2.16. The fourth-order valence-electron chi connectivity index (χ4n) is 1.31. The molecule has 0 N–H and O–H groups in total. The van der Waals surface area contributed by atoms with Crippen molar-refractivity contribution in [1.82, 2.24) is 4.98 Å². The van der Waals surface area contributed by atoms with Gasteiger partial charge in [0.25, 0.3) is 0 Å². The average molecular weight is 256 g/mol. The molecule has 0 saturated heterocycles. The molecule has 0 amide bonds. The van der Waals surface area contributed by atoms with Gasteiger partial charge in [0.15, 0.2) is 15.0 Å². The molecule has 0 fully saturated rings. The van der Waals surface area contributed by atoms with Crippen LogP contribution in [0, 0.1) is 0 Å². The first-order valence-electron chi connectivity index (χ1n) is 4.66. The number of anilines is 1. The minimum atomic E-state index is -3.14. The Morgan fingerprint density at radius 1 is 1.31 bits per heavy atom. The van der Waals surface area contributed by atoms with E-state index >= 15 is 0 Å². The molecule has 2 aromatic rings. The monoisotopic (exact) mass is 256 g/mol. The smallest absolute Gasteiger partial charge is 0.185 e. The number of hydrogen-bond donors (Lipinski definition) is 0. The molecule has 0 spiro atoms. The summed E-state index contributed by atoms with van der Waals surface area (Å²) in [5, 5.41) is 0.876. The fraction of sp³-hybridized carbons (Fsp3) is 0.300. The lowest BCUT2D eigenvalue weighted by Gasteiger charge is -2.04. The predicted molar refractivity (Wildman–Crippen MR) is 67.1 cm³/mol. The molecule has 86 valence electrons. The quantitative estimate of drug-likeness (QED) is 0.821. The third kappa shape index (κ3) is 2.03. The molecule has 1 aromatic carbocycles. The van der Waals surface area contributed by atoms with Crippen molar-refractivity contribution in [1.29, 1.82) is 0 Å². The minimum absolute atomic E-state index is 0.342. The Morgan fingerprint density at radius 2 is 2.00 bits per heavy atom. The van der Waals surface area contributed by atoms with Crippen LogP contribution in [-0.4, -0.2) is 33.8 Å². The molecule has 0 radical (unpaired) electrons. The summed E-state index contributed by atoms with van der Waals surface area (Å²) in [7, 11) is 0.684. The van der Waals surface area contributed by atoms with Crippen LogP contribution in [0.2, 0.25) is 0 Å². The van der Waals surface area contributed by atoms with Gasteiger partial charge in [-0.1, -0.05) is 11.3 Å². The predicted octanol–water partition coefficient (Wildman–Crippen LogP) is 1.77. The van der Waals surface area contributed by atoms with E-state index in [0.717, 1.165) is 15.3 Å². The lowest BCUT2D eigenvalue weighted by molar-refractivity contribution is 0.602. The van der Waals surface area contributed by atoms with Crippen LogP contribution in [0.4, 0.5) is 5.13 Å². The summed E-state index contributed by atoms with van der Waals surface area (Å²) < 4.78 is 23.7. The highest BCUT2D eigenvalue weighted by molar-refractivity contribution is 7.90. The SMILES string of the molecule is CN(C)c1nc2ccc(S(C)(=O)=O)cc2s1.